The van der Waals surface area contributed by atoms with Crippen molar-refractivity contribution in [2.75, 3.05) is 0 Å². The van der Waals surface area contributed by atoms with Crippen molar-refractivity contribution in [3.63, 3.8) is 0 Å². The maximum Gasteiger partial charge on any atom is 0.364 e. The molecule has 0 aromatic carbocycles. The van der Waals surface area contributed by atoms with Crippen LogP contribution in [0.2, 0.25) is 0 Å². The first kappa shape index (κ1) is 5.96. The fourth-order valence-electron chi connectivity index (χ4n) is 0.821. The largest absolute Gasteiger partial charge is 0.420 e. The van der Waals surface area contributed by atoms with Gasteiger partial charge in [-0.2, -0.15) is 0 Å². The first-order valence-electron chi connectivity index (χ1n) is 2.88. The molecule has 0 radical (unpaired) electrons. The average molecular weight is 149 g/mol. The van der Waals surface area contributed by atoms with E-state index >= 15 is 0 Å². The van der Waals surface area contributed by atoms with Crippen LogP contribution in [0.5, 0.6) is 0 Å². The van der Waals surface area contributed by atoms with Gasteiger partial charge in [-0.25, -0.2) is 9.78 Å². The third kappa shape index (κ3) is 0.706. The number of aromatic nitrogens is 3. The van der Waals surface area contributed by atoms with Crippen molar-refractivity contribution in [2.45, 2.75) is 0 Å². The van der Waals surface area contributed by atoms with Crippen LogP contribution in [-0.2, 0) is 4.74 Å². The van der Waals surface area contributed by atoms with E-state index in [-0.39, 0.29) is 11.5 Å². The summed E-state index contributed by atoms with van der Waals surface area (Å²) >= 11 is 0. The summed E-state index contributed by atoms with van der Waals surface area (Å²) in [5, 5.41) is 7.12. The number of carbonyl (C=O) groups excluding carboxylic acids is 1. The van der Waals surface area contributed by atoms with Gasteiger partial charge < -0.3 is 4.74 Å². The zero-order chi connectivity index (χ0) is 7.84. The van der Waals surface area contributed by atoms with Crippen LogP contribution in [0.15, 0.2) is 12.9 Å². The Morgan fingerprint density at radius 2 is 2.27 bits per heavy atom. The molecular formula is C6H3N3O2. The normalized spacial score (nSPS) is 14.5. The molecule has 0 fully saturated rings. The first-order chi connectivity index (χ1) is 5.29. The summed E-state index contributed by atoms with van der Waals surface area (Å²) in [7, 11) is 0. The van der Waals surface area contributed by atoms with E-state index < -0.39 is 5.97 Å². The molecule has 0 saturated carbocycles. The Bertz CT molecular complexity index is 314. The van der Waals surface area contributed by atoms with Crippen molar-refractivity contribution in [2.24, 2.45) is 0 Å². The van der Waals surface area contributed by atoms with Crippen molar-refractivity contribution in [3.8, 4) is 0 Å². The van der Waals surface area contributed by atoms with Gasteiger partial charge in [-0.05, 0) is 0 Å². The van der Waals surface area contributed by atoms with Crippen LogP contribution in [-0.4, -0.2) is 21.2 Å². The van der Waals surface area contributed by atoms with Crippen LogP contribution in [0.1, 0.15) is 16.2 Å². The highest BCUT2D eigenvalue weighted by atomic mass is 16.5. The number of esters is 1. The second-order valence-electron chi connectivity index (χ2n) is 1.97. The van der Waals surface area contributed by atoms with Crippen LogP contribution in [0.4, 0.5) is 0 Å². The number of hydrogen-bond donors (Lipinski definition) is 0. The van der Waals surface area contributed by atoms with E-state index in [2.05, 4.69) is 26.5 Å². The molecule has 1 aliphatic rings. The fourth-order valence-corrected chi connectivity index (χ4v) is 0.821. The zero-order valence-corrected chi connectivity index (χ0v) is 5.44. The van der Waals surface area contributed by atoms with Crippen molar-refractivity contribution >= 4 is 11.7 Å². The summed E-state index contributed by atoms with van der Waals surface area (Å²) < 4.78 is 4.63. The Morgan fingerprint density at radius 1 is 1.45 bits per heavy atom. The van der Waals surface area contributed by atoms with Gasteiger partial charge in [0.2, 0.25) is 0 Å². The second kappa shape index (κ2) is 1.85. The molecule has 54 valence electrons. The number of nitrogens with zero attached hydrogens (tertiary/aromatic N) is 3. The smallest absolute Gasteiger partial charge is 0.364 e. The average Bonchev–Trinajstić information content (AvgIpc) is 2.30. The molecule has 1 aromatic heterocycles. The van der Waals surface area contributed by atoms with Crippen LogP contribution in [0, 0.1) is 0 Å². The van der Waals surface area contributed by atoms with Gasteiger partial charge in [0.15, 0.2) is 17.1 Å². The molecule has 0 saturated heterocycles. The predicted molar refractivity (Wildman–Crippen MR) is 34.3 cm³/mol. The quantitative estimate of drug-likeness (QED) is 0.486. The molecule has 0 aliphatic carbocycles. The van der Waals surface area contributed by atoms with Gasteiger partial charge in [0.1, 0.15) is 6.33 Å². The van der Waals surface area contributed by atoms with Crippen LogP contribution >= 0.6 is 0 Å². The monoisotopic (exact) mass is 149 g/mol. The minimum absolute atomic E-state index is 0.185. The van der Waals surface area contributed by atoms with E-state index in [0.29, 0.717) is 5.69 Å². The topological polar surface area (TPSA) is 65.0 Å². The van der Waals surface area contributed by atoms with E-state index in [9.17, 15) is 4.79 Å². The van der Waals surface area contributed by atoms with Crippen LogP contribution in [0.25, 0.3) is 5.76 Å². The molecule has 2 rings (SSSR count). The highest BCUT2D eigenvalue weighted by molar-refractivity contribution is 5.99. The van der Waals surface area contributed by atoms with Gasteiger partial charge in [0.25, 0.3) is 0 Å². The van der Waals surface area contributed by atoms with Gasteiger partial charge in [0, 0.05) is 0 Å². The minimum Gasteiger partial charge on any atom is -0.420 e. The second-order valence-corrected chi connectivity index (χ2v) is 1.97. The van der Waals surface area contributed by atoms with Crippen molar-refractivity contribution in [1.82, 2.24) is 15.2 Å². The lowest BCUT2D eigenvalue weighted by Gasteiger charge is -1.87. The third-order valence-electron chi connectivity index (χ3n) is 1.29. The fraction of sp³-hybridized carbons (Fsp3) is 0. The first-order valence-corrected chi connectivity index (χ1v) is 2.88. The standard InChI is InChI=1S/C6H3N3O2/c1-3-4-5(6(10)11-3)7-2-8-9-4/h2H,1H2. The molecule has 11 heavy (non-hydrogen) atoms. The number of carbonyl (C=O) groups is 1. The highest BCUT2D eigenvalue weighted by Gasteiger charge is 2.28. The molecule has 0 atom stereocenters. The van der Waals surface area contributed by atoms with Crippen LogP contribution in [0.3, 0.4) is 0 Å². The van der Waals surface area contributed by atoms with Gasteiger partial charge in [-0.15, -0.1) is 10.2 Å². The van der Waals surface area contributed by atoms with Crippen molar-refractivity contribution in [3.05, 3.63) is 24.3 Å². The van der Waals surface area contributed by atoms with E-state index in [1.807, 2.05) is 0 Å². The van der Waals surface area contributed by atoms with Crippen molar-refractivity contribution in [1.29, 1.82) is 0 Å². The van der Waals surface area contributed by atoms with E-state index in [1.165, 1.54) is 6.33 Å². The molecule has 0 bridgehead atoms. The van der Waals surface area contributed by atoms with Gasteiger partial charge >= 0.3 is 5.97 Å². The van der Waals surface area contributed by atoms with Crippen LogP contribution < -0.4 is 0 Å². The third-order valence-corrected chi connectivity index (χ3v) is 1.29. The number of rotatable bonds is 0. The highest BCUT2D eigenvalue weighted by Crippen LogP contribution is 2.22. The SMILES string of the molecule is C=C1OC(=O)c2ncnnc21. The Balaban J connectivity index is 2.69. The summed E-state index contributed by atoms with van der Waals surface area (Å²) in [6.07, 6.45) is 1.19. The lowest BCUT2D eigenvalue weighted by Crippen LogP contribution is -1.98. The van der Waals surface area contributed by atoms with Gasteiger partial charge in [0.05, 0.1) is 0 Å². The molecule has 0 N–H and O–H groups in total. The molecule has 0 spiro atoms. The van der Waals surface area contributed by atoms with E-state index in [1.54, 1.807) is 0 Å². The van der Waals surface area contributed by atoms with E-state index in [0.717, 1.165) is 0 Å². The number of ether oxygens (including phenoxy) is 1. The molecule has 2 heterocycles. The number of hydrogen-bond acceptors (Lipinski definition) is 5. The zero-order valence-electron chi connectivity index (χ0n) is 5.44. The molecule has 5 heteroatoms. The maximum atomic E-state index is 10.9. The summed E-state index contributed by atoms with van der Waals surface area (Å²) in [5.74, 6) is -0.300. The van der Waals surface area contributed by atoms with Crippen molar-refractivity contribution < 1.29 is 9.53 Å². The minimum atomic E-state index is -0.514. The Morgan fingerprint density at radius 3 is 3.00 bits per heavy atom. The number of fused-ring (bicyclic) bond motifs is 1. The van der Waals surface area contributed by atoms with Gasteiger partial charge in [-0.1, -0.05) is 6.58 Å². The molecule has 0 unspecified atom stereocenters. The molecule has 5 nitrogen and oxygen atoms in total. The molecular weight excluding hydrogens is 146 g/mol. The number of cyclic esters (lactones) is 1. The molecule has 1 aromatic rings. The molecule has 0 amide bonds. The summed E-state index contributed by atoms with van der Waals surface area (Å²) in [6, 6.07) is 0. The Labute approximate surface area is 61.7 Å². The Kier molecular flexibility index (Phi) is 1.00. The maximum absolute atomic E-state index is 10.9. The summed E-state index contributed by atoms with van der Waals surface area (Å²) in [4.78, 5) is 14.5. The van der Waals surface area contributed by atoms with Gasteiger partial charge in [-0.3, -0.25) is 0 Å². The summed E-state index contributed by atoms with van der Waals surface area (Å²) in [5.41, 5.74) is 0.516. The lowest BCUT2D eigenvalue weighted by molar-refractivity contribution is 0.0711. The Hall–Kier alpha value is -1.78. The van der Waals surface area contributed by atoms with E-state index in [4.69, 9.17) is 0 Å². The lowest BCUT2D eigenvalue weighted by atomic mass is 10.3. The summed E-state index contributed by atoms with van der Waals surface area (Å²) in [6.45, 7) is 3.46. The molecule has 1 aliphatic heterocycles. The predicted octanol–water partition coefficient (Wildman–Crippen LogP) is 0.0127.